The number of nitrogens with two attached hydrogens (primary N) is 1. The van der Waals surface area contributed by atoms with E-state index in [-0.39, 0.29) is 18.4 Å². The van der Waals surface area contributed by atoms with Gasteiger partial charge in [-0.2, -0.15) is 0 Å². The quantitative estimate of drug-likeness (QED) is 0.861. The summed E-state index contributed by atoms with van der Waals surface area (Å²) < 4.78 is 4.84. The molecule has 1 aromatic rings. The highest BCUT2D eigenvalue weighted by molar-refractivity contribution is 6.31. The van der Waals surface area contributed by atoms with Crippen LogP contribution in [0.2, 0.25) is 5.02 Å². The molecule has 0 saturated carbocycles. The Hall–Kier alpha value is -0.770. The number of hydrogen-bond donors (Lipinski definition) is 1. The Kier molecular flexibility index (Phi) is 7.19. The van der Waals surface area contributed by atoms with Gasteiger partial charge in [0, 0.05) is 5.02 Å². The van der Waals surface area contributed by atoms with Crippen molar-refractivity contribution in [2.75, 3.05) is 6.61 Å². The van der Waals surface area contributed by atoms with Gasteiger partial charge in [0.25, 0.3) is 0 Å². The van der Waals surface area contributed by atoms with E-state index in [2.05, 4.69) is 0 Å². The highest BCUT2D eigenvalue weighted by Gasteiger charge is 2.15. The molecule has 5 heteroatoms. The zero-order valence-corrected chi connectivity index (χ0v) is 11.5. The monoisotopic (exact) mass is 277 g/mol. The van der Waals surface area contributed by atoms with Crippen LogP contribution in [0, 0.1) is 6.92 Å². The Labute approximate surface area is 113 Å². The molecule has 0 fully saturated rings. The third-order valence-electron chi connectivity index (χ3n) is 2.27. The predicted molar refractivity (Wildman–Crippen MR) is 71.7 cm³/mol. The second-order valence-electron chi connectivity index (χ2n) is 3.65. The van der Waals surface area contributed by atoms with Gasteiger partial charge < -0.3 is 10.5 Å². The van der Waals surface area contributed by atoms with E-state index in [1.807, 2.05) is 25.1 Å². The molecule has 17 heavy (non-hydrogen) atoms. The molecule has 0 aliphatic heterocycles. The molecule has 3 nitrogen and oxygen atoms in total. The maximum absolute atomic E-state index is 11.3. The number of rotatable bonds is 4. The van der Waals surface area contributed by atoms with Crippen molar-refractivity contribution >= 4 is 30.0 Å². The number of aryl methyl sites for hydroxylation is 1. The van der Waals surface area contributed by atoms with Crippen molar-refractivity contribution in [3.8, 4) is 0 Å². The van der Waals surface area contributed by atoms with Crippen LogP contribution in [0.25, 0.3) is 0 Å². The average molecular weight is 278 g/mol. The summed E-state index contributed by atoms with van der Waals surface area (Å²) in [7, 11) is 0. The van der Waals surface area contributed by atoms with E-state index in [1.165, 1.54) is 0 Å². The van der Waals surface area contributed by atoms with Gasteiger partial charge in [-0.15, -0.1) is 12.4 Å². The van der Waals surface area contributed by atoms with Crippen LogP contribution < -0.4 is 5.73 Å². The normalized spacial score (nSPS) is 11.5. The number of hydrogen-bond acceptors (Lipinski definition) is 3. The fourth-order valence-corrected chi connectivity index (χ4v) is 1.54. The van der Waals surface area contributed by atoms with E-state index in [9.17, 15) is 4.79 Å². The lowest BCUT2D eigenvalue weighted by Crippen LogP contribution is -2.34. The molecule has 0 aliphatic carbocycles. The molecule has 0 saturated heterocycles. The molecule has 1 aromatic carbocycles. The largest absolute Gasteiger partial charge is 0.465 e. The van der Waals surface area contributed by atoms with Gasteiger partial charge in [-0.25, -0.2) is 0 Å². The van der Waals surface area contributed by atoms with Gasteiger partial charge in [0.1, 0.15) is 6.04 Å². The lowest BCUT2D eigenvalue weighted by Gasteiger charge is -2.11. The smallest absolute Gasteiger partial charge is 0.323 e. The van der Waals surface area contributed by atoms with Gasteiger partial charge in [0.05, 0.1) is 6.61 Å². The Balaban J connectivity index is 0.00000256. The molecular formula is C12H17Cl2NO2. The summed E-state index contributed by atoms with van der Waals surface area (Å²) in [5, 5.41) is 0.716. The number of esters is 1. The van der Waals surface area contributed by atoms with Crippen LogP contribution in [-0.2, 0) is 16.0 Å². The van der Waals surface area contributed by atoms with Crippen LogP contribution in [0.4, 0.5) is 0 Å². The predicted octanol–water partition coefficient (Wildman–Crippen LogP) is 2.50. The summed E-state index contributed by atoms with van der Waals surface area (Å²) in [4.78, 5) is 11.3. The van der Waals surface area contributed by atoms with Crippen molar-refractivity contribution in [2.24, 2.45) is 5.73 Å². The van der Waals surface area contributed by atoms with E-state index < -0.39 is 6.04 Å². The van der Waals surface area contributed by atoms with Gasteiger partial charge in [-0.05, 0) is 37.5 Å². The third-order valence-corrected chi connectivity index (χ3v) is 2.69. The van der Waals surface area contributed by atoms with Gasteiger partial charge in [-0.3, -0.25) is 4.79 Å². The lowest BCUT2D eigenvalue weighted by atomic mass is 10.0. The van der Waals surface area contributed by atoms with Gasteiger partial charge >= 0.3 is 5.97 Å². The lowest BCUT2D eigenvalue weighted by molar-refractivity contribution is -0.144. The molecular weight excluding hydrogens is 261 g/mol. The van der Waals surface area contributed by atoms with E-state index >= 15 is 0 Å². The van der Waals surface area contributed by atoms with Crippen molar-refractivity contribution in [1.29, 1.82) is 0 Å². The van der Waals surface area contributed by atoms with Crippen LogP contribution >= 0.6 is 24.0 Å². The van der Waals surface area contributed by atoms with Crippen molar-refractivity contribution in [3.63, 3.8) is 0 Å². The second kappa shape index (κ2) is 7.54. The molecule has 0 aliphatic rings. The van der Waals surface area contributed by atoms with Gasteiger partial charge in [0.15, 0.2) is 0 Å². The standard InChI is InChI=1S/C12H16ClNO2.ClH/c1-3-16-12(15)11(14)7-9-4-5-10(13)8(2)6-9;/h4-6,11H,3,7,14H2,1-2H3;1H. The van der Waals surface area contributed by atoms with Gasteiger partial charge in [0.2, 0.25) is 0 Å². The molecule has 0 radical (unpaired) electrons. The highest BCUT2D eigenvalue weighted by atomic mass is 35.5. The molecule has 0 aromatic heterocycles. The van der Waals surface area contributed by atoms with E-state index in [1.54, 1.807) is 6.92 Å². The van der Waals surface area contributed by atoms with Crippen LogP contribution in [0.1, 0.15) is 18.1 Å². The molecule has 1 unspecified atom stereocenters. The molecule has 0 spiro atoms. The number of ether oxygens (including phenoxy) is 1. The van der Waals surface area contributed by atoms with Crippen molar-refractivity contribution in [1.82, 2.24) is 0 Å². The zero-order valence-electron chi connectivity index (χ0n) is 9.90. The Morgan fingerprint density at radius 3 is 2.71 bits per heavy atom. The first kappa shape index (κ1) is 16.2. The fraction of sp³-hybridized carbons (Fsp3) is 0.417. The Morgan fingerprint density at radius 2 is 2.18 bits per heavy atom. The number of carbonyl (C=O) groups is 1. The second-order valence-corrected chi connectivity index (χ2v) is 4.05. The maximum Gasteiger partial charge on any atom is 0.323 e. The number of carbonyl (C=O) groups excluding carboxylic acids is 1. The molecule has 1 rings (SSSR count). The van der Waals surface area contributed by atoms with E-state index in [4.69, 9.17) is 22.1 Å². The van der Waals surface area contributed by atoms with Crippen LogP contribution in [-0.4, -0.2) is 18.6 Å². The first-order valence-corrected chi connectivity index (χ1v) is 5.59. The van der Waals surface area contributed by atoms with Crippen LogP contribution in [0.15, 0.2) is 18.2 Å². The van der Waals surface area contributed by atoms with Crippen LogP contribution in [0.5, 0.6) is 0 Å². The summed E-state index contributed by atoms with van der Waals surface area (Å²) in [5.41, 5.74) is 7.69. The van der Waals surface area contributed by atoms with Gasteiger partial charge in [-0.1, -0.05) is 23.7 Å². The average Bonchev–Trinajstić information content (AvgIpc) is 2.24. The first-order chi connectivity index (χ1) is 7.54. The summed E-state index contributed by atoms with van der Waals surface area (Å²) in [6.07, 6.45) is 0.469. The van der Waals surface area contributed by atoms with Crippen molar-refractivity contribution in [2.45, 2.75) is 26.3 Å². The van der Waals surface area contributed by atoms with E-state index in [0.29, 0.717) is 18.1 Å². The molecule has 2 N–H and O–H groups in total. The maximum atomic E-state index is 11.3. The number of halogens is 2. The summed E-state index contributed by atoms with van der Waals surface area (Å²) in [6, 6.07) is 5.00. The van der Waals surface area contributed by atoms with Crippen molar-refractivity contribution in [3.05, 3.63) is 34.3 Å². The minimum Gasteiger partial charge on any atom is -0.465 e. The zero-order chi connectivity index (χ0) is 12.1. The first-order valence-electron chi connectivity index (χ1n) is 5.21. The minimum atomic E-state index is -0.611. The van der Waals surface area contributed by atoms with E-state index in [0.717, 1.165) is 11.1 Å². The highest BCUT2D eigenvalue weighted by Crippen LogP contribution is 2.17. The van der Waals surface area contributed by atoms with Crippen LogP contribution in [0.3, 0.4) is 0 Å². The Bertz CT molecular complexity index is 383. The molecule has 0 heterocycles. The fourth-order valence-electron chi connectivity index (χ4n) is 1.42. The van der Waals surface area contributed by atoms with Crippen molar-refractivity contribution < 1.29 is 9.53 Å². The third kappa shape index (κ3) is 4.94. The number of benzene rings is 1. The topological polar surface area (TPSA) is 52.3 Å². The molecule has 0 amide bonds. The SMILES string of the molecule is CCOC(=O)C(N)Cc1ccc(Cl)c(C)c1.Cl. The molecule has 1 atom stereocenters. The summed E-state index contributed by atoms with van der Waals surface area (Å²) in [6.45, 7) is 4.03. The Morgan fingerprint density at radius 1 is 1.53 bits per heavy atom. The summed E-state index contributed by atoms with van der Waals surface area (Å²) >= 11 is 5.91. The molecule has 96 valence electrons. The minimum absolute atomic E-state index is 0. The molecule has 0 bridgehead atoms. The summed E-state index contributed by atoms with van der Waals surface area (Å²) in [5.74, 6) is -0.366.